The molecule has 168 valence electrons. The molecule has 0 bridgehead atoms. The van der Waals surface area contributed by atoms with E-state index in [1.54, 1.807) is 48.8 Å². The molecule has 3 aromatic rings. The summed E-state index contributed by atoms with van der Waals surface area (Å²) in [5, 5.41) is 11.5. The summed E-state index contributed by atoms with van der Waals surface area (Å²) in [5.74, 6) is -1.86. The molecule has 0 saturated carbocycles. The number of aliphatic hydroxyl groups excluding tert-OH is 1. The highest BCUT2D eigenvalue weighted by Crippen LogP contribution is 2.40. The van der Waals surface area contributed by atoms with Crippen molar-refractivity contribution in [1.29, 1.82) is 0 Å². The van der Waals surface area contributed by atoms with Crippen LogP contribution in [0.5, 0.6) is 5.75 Å². The zero-order valence-corrected chi connectivity index (χ0v) is 18.4. The summed E-state index contributed by atoms with van der Waals surface area (Å²) in [5.41, 5.74) is 1.71. The third-order valence-corrected chi connectivity index (χ3v) is 5.85. The molecule has 1 fully saturated rings. The molecule has 8 heteroatoms. The summed E-state index contributed by atoms with van der Waals surface area (Å²) in [4.78, 5) is 31.5. The second-order valence-electron chi connectivity index (χ2n) is 7.50. The summed E-state index contributed by atoms with van der Waals surface area (Å²) >= 11 is 6.09. The van der Waals surface area contributed by atoms with E-state index in [0.29, 0.717) is 28.3 Å². The van der Waals surface area contributed by atoms with Crippen molar-refractivity contribution in [3.05, 3.63) is 100 Å². The lowest BCUT2D eigenvalue weighted by Crippen LogP contribution is -2.31. The Morgan fingerprint density at radius 3 is 2.48 bits per heavy atom. The number of rotatable bonds is 6. The molecule has 1 saturated heterocycles. The Morgan fingerprint density at radius 1 is 1.12 bits per heavy atom. The summed E-state index contributed by atoms with van der Waals surface area (Å²) < 4.78 is 18.5. The van der Waals surface area contributed by atoms with E-state index in [1.807, 2.05) is 0 Å². The molecule has 1 aliphatic rings. The van der Waals surface area contributed by atoms with Gasteiger partial charge in [-0.2, -0.15) is 0 Å². The van der Waals surface area contributed by atoms with Crippen molar-refractivity contribution < 1.29 is 23.8 Å². The van der Waals surface area contributed by atoms with E-state index in [1.165, 1.54) is 30.2 Å². The van der Waals surface area contributed by atoms with Gasteiger partial charge in [-0.25, -0.2) is 4.39 Å². The Bertz CT molecular complexity index is 1230. The number of hydrogen-bond acceptors (Lipinski definition) is 5. The van der Waals surface area contributed by atoms with E-state index in [4.69, 9.17) is 16.3 Å². The lowest BCUT2D eigenvalue weighted by molar-refractivity contribution is -0.139. The number of halogens is 2. The zero-order valence-electron chi connectivity index (χ0n) is 17.7. The maximum absolute atomic E-state index is 13.2. The molecular weight excluding hydrogens is 447 g/mol. The summed E-state index contributed by atoms with van der Waals surface area (Å²) in [6.45, 7) is 0.198. The second-order valence-corrected chi connectivity index (χ2v) is 7.91. The van der Waals surface area contributed by atoms with E-state index in [-0.39, 0.29) is 23.7 Å². The first-order valence-electron chi connectivity index (χ1n) is 10.2. The van der Waals surface area contributed by atoms with E-state index >= 15 is 0 Å². The third-order valence-electron chi connectivity index (χ3n) is 5.54. The van der Waals surface area contributed by atoms with Gasteiger partial charge in [0.2, 0.25) is 0 Å². The van der Waals surface area contributed by atoms with Gasteiger partial charge in [-0.15, -0.1) is 0 Å². The van der Waals surface area contributed by atoms with E-state index in [0.717, 1.165) is 5.56 Å². The summed E-state index contributed by atoms with van der Waals surface area (Å²) in [7, 11) is 1.44. The van der Waals surface area contributed by atoms with Gasteiger partial charge in [-0.3, -0.25) is 14.6 Å². The van der Waals surface area contributed by atoms with Crippen molar-refractivity contribution >= 4 is 29.1 Å². The van der Waals surface area contributed by atoms with Crippen LogP contribution in [0.1, 0.15) is 22.7 Å². The van der Waals surface area contributed by atoms with E-state index in [2.05, 4.69) is 4.98 Å². The predicted octanol–water partition coefficient (Wildman–Crippen LogP) is 4.55. The minimum absolute atomic E-state index is 0.0327. The van der Waals surface area contributed by atoms with Crippen LogP contribution in [-0.2, 0) is 16.0 Å². The largest absolute Gasteiger partial charge is 0.507 e. The quantitative estimate of drug-likeness (QED) is 0.327. The fourth-order valence-corrected chi connectivity index (χ4v) is 4.06. The standard InChI is InChI=1S/C25H20ClFN2O4/c1-33-20-14-17(4-7-19(20)26)23(30)21-22(16-8-11-28-12-9-16)29(25(32)24(21)31)13-10-15-2-5-18(27)6-3-15/h2-9,11-12,14,22,30H,10,13H2,1H3/b23-21-. The molecule has 1 aliphatic heterocycles. The number of Topliss-reactive ketones (excluding diaryl/α,β-unsaturated/α-hetero) is 1. The Balaban J connectivity index is 1.77. The number of nitrogens with zero attached hydrogens (tertiary/aromatic N) is 2. The maximum Gasteiger partial charge on any atom is 0.295 e. The van der Waals surface area contributed by atoms with E-state index in [9.17, 15) is 19.1 Å². The molecule has 0 spiro atoms. The molecule has 1 unspecified atom stereocenters. The highest BCUT2D eigenvalue weighted by Gasteiger charge is 2.45. The van der Waals surface area contributed by atoms with Crippen LogP contribution in [0.2, 0.25) is 5.02 Å². The Labute approximate surface area is 194 Å². The molecule has 1 aromatic heterocycles. The van der Waals surface area contributed by atoms with Crippen molar-refractivity contribution in [2.75, 3.05) is 13.7 Å². The molecule has 6 nitrogen and oxygen atoms in total. The monoisotopic (exact) mass is 466 g/mol. The lowest BCUT2D eigenvalue weighted by atomic mass is 9.95. The van der Waals surface area contributed by atoms with Crippen molar-refractivity contribution in [3.8, 4) is 5.75 Å². The number of likely N-dealkylation sites (tertiary alicyclic amines) is 1. The van der Waals surface area contributed by atoms with Gasteiger partial charge in [-0.1, -0.05) is 23.7 Å². The van der Waals surface area contributed by atoms with Gasteiger partial charge in [0, 0.05) is 24.5 Å². The number of carbonyl (C=O) groups is 2. The molecule has 0 aliphatic carbocycles. The second kappa shape index (κ2) is 9.42. The molecular formula is C25H20ClFN2O4. The van der Waals surface area contributed by atoms with Gasteiger partial charge in [0.1, 0.15) is 17.3 Å². The average Bonchev–Trinajstić information content (AvgIpc) is 3.09. The minimum Gasteiger partial charge on any atom is -0.507 e. The Morgan fingerprint density at radius 2 is 1.82 bits per heavy atom. The SMILES string of the molecule is COc1cc(/C(O)=C2/C(=O)C(=O)N(CCc3ccc(F)cc3)C2c2ccncc2)ccc1Cl. The van der Waals surface area contributed by atoms with Crippen molar-refractivity contribution in [2.24, 2.45) is 0 Å². The predicted molar refractivity (Wildman–Crippen MR) is 121 cm³/mol. The molecule has 2 aromatic carbocycles. The number of pyridine rings is 1. The summed E-state index contributed by atoms with van der Waals surface area (Å²) in [6.07, 6.45) is 3.52. The number of ketones is 1. The number of ether oxygens (including phenoxy) is 1. The Kier molecular flexibility index (Phi) is 6.42. The smallest absolute Gasteiger partial charge is 0.295 e. The van der Waals surface area contributed by atoms with Gasteiger partial charge in [-0.05, 0) is 60.0 Å². The molecule has 2 heterocycles. The fourth-order valence-electron chi connectivity index (χ4n) is 3.87. The molecule has 1 atom stereocenters. The topological polar surface area (TPSA) is 79.7 Å². The first kappa shape index (κ1) is 22.5. The van der Waals surface area contributed by atoms with Crippen LogP contribution < -0.4 is 4.74 Å². The number of amides is 1. The van der Waals surface area contributed by atoms with Crippen LogP contribution in [-0.4, -0.2) is 40.3 Å². The normalized spacial score (nSPS) is 17.4. The van der Waals surface area contributed by atoms with Gasteiger partial charge in [0.15, 0.2) is 0 Å². The van der Waals surface area contributed by atoms with Crippen LogP contribution in [0.25, 0.3) is 5.76 Å². The molecule has 1 amide bonds. The van der Waals surface area contributed by atoms with Gasteiger partial charge in [0.25, 0.3) is 11.7 Å². The van der Waals surface area contributed by atoms with E-state index < -0.39 is 17.7 Å². The number of carbonyl (C=O) groups excluding carboxylic acids is 2. The van der Waals surface area contributed by atoms with Crippen LogP contribution in [0.15, 0.2) is 72.6 Å². The average molecular weight is 467 g/mol. The Hall–Kier alpha value is -3.71. The van der Waals surface area contributed by atoms with Gasteiger partial charge in [0.05, 0.1) is 23.7 Å². The van der Waals surface area contributed by atoms with Gasteiger partial charge < -0.3 is 14.7 Å². The lowest BCUT2D eigenvalue weighted by Gasteiger charge is -2.25. The minimum atomic E-state index is -0.810. The highest BCUT2D eigenvalue weighted by atomic mass is 35.5. The van der Waals surface area contributed by atoms with Gasteiger partial charge >= 0.3 is 0 Å². The molecule has 1 N–H and O–H groups in total. The zero-order chi connectivity index (χ0) is 23.5. The van der Waals surface area contributed by atoms with Crippen LogP contribution in [0.4, 0.5) is 4.39 Å². The molecule has 4 rings (SSSR count). The molecule has 33 heavy (non-hydrogen) atoms. The number of aliphatic hydroxyl groups is 1. The number of aromatic nitrogens is 1. The fraction of sp³-hybridized carbons (Fsp3) is 0.160. The van der Waals surface area contributed by atoms with Crippen molar-refractivity contribution in [1.82, 2.24) is 9.88 Å². The highest BCUT2D eigenvalue weighted by molar-refractivity contribution is 6.46. The van der Waals surface area contributed by atoms with Crippen molar-refractivity contribution in [3.63, 3.8) is 0 Å². The molecule has 0 radical (unpaired) electrons. The summed E-state index contributed by atoms with van der Waals surface area (Å²) in [6, 6.07) is 13.1. The van der Waals surface area contributed by atoms with Crippen molar-refractivity contribution in [2.45, 2.75) is 12.5 Å². The number of methoxy groups -OCH3 is 1. The number of benzene rings is 2. The first-order chi connectivity index (χ1) is 15.9. The number of hydrogen-bond donors (Lipinski definition) is 1. The maximum atomic E-state index is 13.2. The third kappa shape index (κ3) is 4.45. The van der Waals surface area contributed by atoms with Crippen LogP contribution in [0.3, 0.4) is 0 Å². The van der Waals surface area contributed by atoms with Crippen LogP contribution in [0, 0.1) is 5.82 Å². The first-order valence-corrected chi connectivity index (χ1v) is 10.5. The van der Waals surface area contributed by atoms with Crippen LogP contribution >= 0.6 is 11.6 Å².